The summed E-state index contributed by atoms with van der Waals surface area (Å²) in [5, 5.41) is -0.320. The maximum Gasteiger partial charge on any atom is 0.418 e. The van der Waals surface area contributed by atoms with Gasteiger partial charge in [0.05, 0.1) is 6.61 Å². The third-order valence-corrected chi connectivity index (χ3v) is 2.45. The quantitative estimate of drug-likeness (QED) is 0.636. The van der Waals surface area contributed by atoms with Crippen LogP contribution in [-0.4, -0.2) is 28.4 Å². The Hall–Kier alpha value is -0.500. The minimum atomic E-state index is -4.56. The number of hydrogen-bond donors (Lipinski definition) is 1. The van der Waals surface area contributed by atoms with Crippen molar-refractivity contribution in [2.24, 2.45) is 0 Å². The predicted molar refractivity (Wildman–Crippen MR) is 62.2 cm³/mol. The van der Waals surface area contributed by atoms with Crippen molar-refractivity contribution in [3.63, 3.8) is 0 Å². The van der Waals surface area contributed by atoms with E-state index in [1.54, 1.807) is 12.2 Å². The van der Waals surface area contributed by atoms with Crippen LogP contribution in [0.3, 0.4) is 0 Å². The van der Waals surface area contributed by atoms with Gasteiger partial charge >= 0.3 is 6.18 Å². The van der Waals surface area contributed by atoms with Crippen LogP contribution in [0.15, 0.2) is 0 Å². The van der Waals surface area contributed by atoms with Crippen LogP contribution in [0.2, 0.25) is 0 Å². The molecule has 1 N–H and O–H groups in total. The number of carbonyl (C=O) groups is 1. The van der Waals surface area contributed by atoms with Gasteiger partial charge in [-0.15, -0.1) is 0 Å². The lowest BCUT2D eigenvalue weighted by Crippen LogP contribution is -2.42. The number of nitrogens with one attached hydrogen (secondary N) is 1. The zero-order chi connectivity index (χ0) is 12.1. The second-order valence-electron chi connectivity index (χ2n) is 2.42. The predicted octanol–water partition coefficient (Wildman–Crippen LogP) is 2.70. The minimum absolute atomic E-state index is 0. The minimum Gasteiger partial charge on any atom is -0.479 e. The Bertz CT molecular complexity index is 246. The number of thiocarbonyl (C=S) groups is 1. The normalized spacial score (nSPS) is 12.3. The molecule has 0 aliphatic rings. The standard InChI is InChI=1S/C7H10F3NO2S2.CH4/c1-3-13-6(14)15-5(7(8,9)10)11-4(2)12;/h5H,3H2,1-2H3,(H,11,12);1H4. The van der Waals surface area contributed by atoms with E-state index in [4.69, 9.17) is 4.74 Å². The second-order valence-corrected chi connectivity index (χ2v) is 4.13. The van der Waals surface area contributed by atoms with E-state index >= 15 is 0 Å². The number of hydrogen-bond acceptors (Lipinski definition) is 4. The molecule has 0 saturated heterocycles. The number of thioether (sulfide) groups is 1. The summed E-state index contributed by atoms with van der Waals surface area (Å²) in [6.45, 7) is 2.80. The summed E-state index contributed by atoms with van der Waals surface area (Å²) < 4.78 is 41.4. The molecular weight excluding hydrogens is 263 g/mol. The molecule has 0 aliphatic carbocycles. The smallest absolute Gasteiger partial charge is 0.418 e. The molecule has 3 nitrogen and oxygen atoms in total. The molecule has 0 aromatic rings. The highest BCUT2D eigenvalue weighted by Crippen LogP contribution is 2.29. The van der Waals surface area contributed by atoms with Crippen molar-refractivity contribution in [1.29, 1.82) is 0 Å². The molecule has 8 heteroatoms. The number of amides is 1. The molecular formula is C8H14F3NO2S2. The van der Waals surface area contributed by atoms with Crippen LogP contribution in [0.4, 0.5) is 13.2 Å². The third kappa shape index (κ3) is 7.75. The molecule has 0 aromatic carbocycles. The molecule has 1 amide bonds. The van der Waals surface area contributed by atoms with Crippen LogP contribution < -0.4 is 5.32 Å². The van der Waals surface area contributed by atoms with Gasteiger partial charge < -0.3 is 10.1 Å². The van der Waals surface area contributed by atoms with Gasteiger partial charge in [-0.25, -0.2) is 0 Å². The fourth-order valence-electron chi connectivity index (χ4n) is 0.611. The Balaban J connectivity index is 0. The molecule has 0 bridgehead atoms. The van der Waals surface area contributed by atoms with Crippen molar-refractivity contribution < 1.29 is 22.7 Å². The highest BCUT2D eigenvalue weighted by Gasteiger charge is 2.42. The summed E-state index contributed by atoms with van der Waals surface area (Å²) in [6, 6.07) is 0. The first-order valence-corrected chi connectivity index (χ1v) is 5.23. The summed E-state index contributed by atoms with van der Waals surface area (Å²) >= 11 is 4.80. The summed E-state index contributed by atoms with van der Waals surface area (Å²) in [6.07, 6.45) is -4.56. The lowest BCUT2D eigenvalue weighted by atomic mass is 10.6. The highest BCUT2D eigenvalue weighted by atomic mass is 32.2. The number of alkyl halides is 3. The maximum atomic E-state index is 12.3. The Morgan fingerprint density at radius 3 is 2.38 bits per heavy atom. The van der Waals surface area contributed by atoms with Gasteiger partial charge in [0.25, 0.3) is 0 Å². The lowest BCUT2D eigenvalue weighted by Gasteiger charge is -2.20. The molecule has 0 spiro atoms. The van der Waals surface area contributed by atoms with Gasteiger partial charge in [-0.2, -0.15) is 13.2 Å². The van der Waals surface area contributed by atoms with Gasteiger partial charge in [0, 0.05) is 6.92 Å². The van der Waals surface area contributed by atoms with E-state index in [1.807, 2.05) is 0 Å². The Morgan fingerprint density at radius 2 is 2.06 bits per heavy atom. The van der Waals surface area contributed by atoms with Gasteiger partial charge in [-0.3, -0.25) is 4.79 Å². The van der Waals surface area contributed by atoms with Gasteiger partial charge in [-0.05, 0) is 30.9 Å². The number of rotatable bonds is 3. The summed E-state index contributed by atoms with van der Waals surface area (Å²) in [5.74, 6) is -0.774. The van der Waals surface area contributed by atoms with Gasteiger partial charge in [0.1, 0.15) is 0 Å². The fourth-order valence-corrected chi connectivity index (χ4v) is 1.75. The van der Waals surface area contributed by atoms with Gasteiger partial charge in [0.2, 0.25) is 10.3 Å². The number of carbonyl (C=O) groups excluding carboxylic acids is 1. The zero-order valence-electron chi connectivity index (χ0n) is 8.05. The highest BCUT2D eigenvalue weighted by molar-refractivity contribution is 8.23. The summed E-state index contributed by atoms with van der Waals surface area (Å²) in [5.41, 5.74) is 0. The third-order valence-electron chi connectivity index (χ3n) is 1.11. The van der Waals surface area contributed by atoms with Gasteiger partial charge in [0.15, 0.2) is 5.37 Å². The molecule has 0 fully saturated rings. The number of ether oxygens (including phenoxy) is 1. The van der Waals surface area contributed by atoms with E-state index in [0.717, 1.165) is 6.92 Å². The molecule has 1 atom stereocenters. The van der Waals surface area contributed by atoms with Gasteiger partial charge in [-0.1, -0.05) is 7.43 Å². The van der Waals surface area contributed by atoms with E-state index < -0.39 is 17.5 Å². The van der Waals surface area contributed by atoms with Crippen LogP contribution in [0.25, 0.3) is 0 Å². The van der Waals surface area contributed by atoms with Crippen molar-refractivity contribution in [1.82, 2.24) is 5.32 Å². The molecule has 16 heavy (non-hydrogen) atoms. The topological polar surface area (TPSA) is 38.3 Å². The van der Waals surface area contributed by atoms with E-state index in [-0.39, 0.29) is 30.2 Å². The van der Waals surface area contributed by atoms with Crippen molar-refractivity contribution >= 4 is 34.3 Å². The van der Waals surface area contributed by atoms with Crippen LogP contribution in [-0.2, 0) is 9.53 Å². The fraction of sp³-hybridized carbons (Fsp3) is 0.750. The van der Waals surface area contributed by atoms with Crippen LogP contribution in [0.5, 0.6) is 0 Å². The first-order valence-electron chi connectivity index (χ1n) is 3.94. The van der Waals surface area contributed by atoms with Crippen molar-refractivity contribution in [2.45, 2.75) is 32.8 Å². The van der Waals surface area contributed by atoms with E-state index in [1.165, 1.54) is 0 Å². The van der Waals surface area contributed by atoms with Crippen molar-refractivity contribution in [3.8, 4) is 0 Å². The van der Waals surface area contributed by atoms with E-state index in [0.29, 0.717) is 0 Å². The first kappa shape index (κ1) is 17.9. The monoisotopic (exact) mass is 277 g/mol. The Morgan fingerprint density at radius 1 is 1.56 bits per heavy atom. The van der Waals surface area contributed by atoms with Crippen molar-refractivity contribution in [3.05, 3.63) is 0 Å². The molecule has 0 aromatic heterocycles. The average Bonchev–Trinajstić information content (AvgIpc) is 2.00. The zero-order valence-corrected chi connectivity index (χ0v) is 9.68. The summed E-state index contributed by atoms with van der Waals surface area (Å²) in [7, 11) is 0. The van der Waals surface area contributed by atoms with E-state index in [2.05, 4.69) is 12.2 Å². The molecule has 1 unspecified atom stereocenters. The van der Waals surface area contributed by atoms with Crippen molar-refractivity contribution in [2.75, 3.05) is 6.61 Å². The Kier molecular flexibility index (Phi) is 8.63. The molecule has 0 radical (unpaired) electrons. The second kappa shape index (κ2) is 7.72. The summed E-state index contributed by atoms with van der Waals surface area (Å²) in [4.78, 5) is 10.5. The Labute approximate surface area is 102 Å². The molecule has 0 saturated carbocycles. The lowest BCUT2D eigenvalue weighted by molar-refractivity contribution is -0.143. The SMILES string of the molecule is C.CCOC(=S)SC(NC(C)=O)C(F)(F)F. The van der Waals surface area contributed by atoms with Crippen LogP contribution >= 0.6 is 24.0 Å². The maximum absolute atomic E-state index is 12.3. The molecule has 0 rings (SSSR count). The molecule has 0 aliphatic heterocycles. The average molecular weight is 277 g/mol. The largest absolute Gasteiger partial charge is 0.479 e. The van der Waals surface area contributed by atoms with Crippen LogP contribution in [0.1, 0.15) is 21.3 Å². The first-order chi connectivity index (χ1) is 6.77. The molecule has 96 valence electrons. The molecule has 0 heterocycles. The van der Waals surface area contributed by atoms with Crippen LogP contribution in [0, 0.1) is 0 Å². The van der Waals surface area contributed by atoms with E-state index in [9.17, 15) is 18.0 Å². The number of halogens is 3.